The van der Waals surface area contributed by atoms with Crippen molar-refractivity contribution in [1.29, 1.82) is 0 Å². The molecule has 1 N–H and O–H groups in total. The van der Waals surface area contributed by atoms with Crippen LogP contribution in [-0.2, 0) is 0 Å². The number of para-hydroxylation sites is 1. The van der Waals surface area contributed by atoms with Crippen molar-refractivity contribution in [2.45, 2.75) is 6.92 Å². The number of nitrogens with zero attached hydrogens (tertiary/aromatic N) is 2. The van der Waals surface area contributed by atoms with Gasteiger partial charge in [0, 0.05) is 17.0 Å². The van der Waals surface area contributed by atoms with Crippen LogP contribution in [0.5, 0.6) is 11.5 Å². The first-order valence-corrected chi connectivity index (χ1v) is 9.61. The van der Waals surface area contributed by atoms with Gasteiger partial charge < -0.3 is 13.9 Å². The number of aryl methyl sites for hydroxylation is 1. The fraction of sp³-hybridized carbons (Fsp3) is 0.125. The van der Waals surface area contributed by atoms with Crippen molar-refractivity contribution in [2.75, 3.05) is 14.2 Å². The molecule has 0 aliphatic heterocycles. The summed E-state index contributed by atoms with van der Waals surface area (Å²) in [6.07, 6.45) is 1.46. The molecule has 7 nitrogen and oxygen atoms in total. The summed E-state index contributed by atoms with van der Waals surface area (Å²) in [7, 11) is 3.17. The largest absolute Gasteiger partial charge is 0.497 e. The molecule has 4 aromatic rings. The van der Waals surface area contributed by atoms with Crippen LogP contribution >= 0.6 is 0 Å². The zero-order chi connectivity index (χ0) is 21.8. The lowest BCUT2D eigenvalue weighted by atomic mass is 10.0. The lowest BCUT2D eigenvalue weighted by Crippen LogP contribution is -2.18. The zero-order valence-corrected chi connectivity index (χ0v) is 17.4. The molecule has 0 saturated carbocycles. The molecular weight excluding hydrogens is 394 g/mol. The van der Waals surface area contributed by atoms with E-state index in [1.54, 1.807) is 32.4 Å². The van der Waals surface area contributed by atoms with Gasteiger partial charge in [-0.3, -0.25) is 4.79 Å². The third-order valence-electron chi connectivity index (χ3n) is 4.76. The van der Waals surface area contributed by atoms with Crippen molar-refractivity contribution < 1.29 is 18.7 Å². The number of hydrogen-bond donors (Lipinski definition) is 1. The van der Waals surface area contributed by atoms with Crippen molar-refractivity contribution in [2.24, 2.45) is 5.10 Å². The molecule has 0 atom stereocenters. The van der Waals surface area contributed by atoms with Gasteiger partial charge in [-0.2, -0.15) is 5.10 Å². The Morgan fingerprint density at radius 3 is 2.65 bits per heavy atom. The van der Waals surface area contributed by atoms with Gasteiger partial charge in [-0.1, -0.05) is 18.2 Å². The van der Waals surface area contributed by atoms with E-state index in [1.807, 2.05) is 49.4 Å². The molecule has 31 heavy (non-hydrogen) atoms. The topological polar surface area (TPSA) is 86.0 Å². The number of amides is 1. The van der Waals surface area contributed by atoms with Gasteiger partial charge in [0.1, 0.15) is 23.0 Å². The average molecular weight is 415 g/mol. The number of methoxy groups -OCH3 is 2. The number of fused-ring (bicyclic) bond motifs is 1. The second-order valence-corrected chi connectivity index (χ2v) is 6.79. The van der Waals surface area contributed by atoms with Crippen LogP contribution in [-0.4, -0.2) is 31.3 Å². The minimum atomic E-state index is -0.355. The molecule has 2 heterocycles. The molecule has 4 rings (SSSR count). The van der Waals surface area contributed by atoms with Gasteiger partial charge >= 0.3 is 0 Å². The Kier molecular flexibility index (Phi) is 5.66. The van der Waals surface area contributed by atoms with E-state index in [1.165, 1.54) is 6.21 Å². The highest BCUT2D eigenvalue weighted by molar-refractivity contribution is 6.07. The van der Waals surface area contributed by atoms with Gasteiger partial charge in [0.15, 0.2) is 0 Å². The van der Waals surface area contributed by atoms with Gasteiger partial charge in [-0.05, 0) is 43.3 Å². The van der Waals surface area contributed by atoms with Gasteiger partial charge in [0.05, 0.1) is 37.2 Å². The highest BCUT2D eigenvalue weighted by Gasteiger charge is 2.16. The molecule has 156 valence electrons. The number of nitrogens with one attached hydrogen (secondary N) is 1. The highest BCUT2D eigenvalue weighted by atomic mass is 16.5. The average Bonchev–Trinajstić information content (AvgIpc) is 3.22. The maximum absolute atomic E-state index is 13.0. The molecule has 7 heteroatoms. The predicted molar refractivity (Wildman–Crippen MR) is 119 cm³/mol. The Labute approximate surface area is 179 Å². The molecule has 0 unspecified atom stereocenters. The predicted octanol–water partition coefficient (Wildman–Crippen LogP) is 4.58. The third-order valence-corrected chi connectivity index (χ3v) is 4.76. The first kappa shape index (κ1) is 20.2. The summed E-state index contributed by atoms with van der Waals surface area (Å²) in [5, 5.41) is 4.74. The van der Waals surface area contributed by atoms with Crippen molar-refractivity contribution in [1.82, 2.24) is 10.4 Å². The number of ether oxygens (including phenoxy) is 2. The first-order chi connectivity index (χ1) is 15.1. The molecule has 2 aromatic heterocycles. The normalized spacial score (nSPS) is 11.1. The van der Waals surface area contributed by atoms with E-state index in [2.05, 4.69) is 10.5 Å². The molecule has 0 bridgehead atoms. The Hall–Kier alpha value is -4.13. The van der Waals surface area contributed by atoms with Crippen molar-refractivity contribution in [3.63, 3.8) is 0 Å². The first-order valence-electron chi connectivity index (χ1n) is 9.61. The summed E-state index contributed by atoms with van der Waals surface area (Å²) < 4.78 is 16.2. The Morgan fingerprint density at radius 1 is 1.06 bits per heavy atom. The van der Waals surface area contributed by atoms with Crippen LogP contribution in [0.1, 0.15) is 21.9 Å². The molecular formula is C24H21N3O4. The van der Waals surface area contributed by atoms with Crippen LogP contribution in [0.25, 0.3) is 22.2 Å². The Bertz CT molecular complexity index is 1280. The molecule has 1 amide bonds. The van der Waals surface area contributed by atoms with Gasteiger partial charge in [-0.25, -0.2) is 10.4 Å². The Morgan fingerprint density at radius 2 is 1.90 bits per heavy atom. The second-order valence-electron chi connectivity index (χ2n) is 6.79. The van der Waals surface area contributed by atoms with Gasteiger partial charge in [-0.15, -0.1) is 0 Å². The second kappa shape index (κ2) is 8.71. The number of pyridine rings is 1. The summed E-state index contributed by atoms with van der Waals surface area (Å²) in [6.45, 7) is 1.84. The monoisotopic (exact) mass is 415 g/mol. The fourth-order valence-corrected chi connectivity index (χ4v) is 3.25. The van der Waals surface area contributed by atoms with Crippen molar-refractivity contribution >= 4 is 23.0 Å². The van der Waals surface area contributed by atoms with E-state index in [0.717, 1.165) is 16.7 Å². The minimum absolute atomic E-state index is 0.355. The fourth-order valence-electron chi connectivity index (χ4n) is 3.25. The number of furan rings is 1. The van der Waals surface area contributed by atoms with E-state index in [-0.39, 0.29) is 5.91 Å². The van der Waals surface area contributed by atoms with Crippen LogP contribution in [0.15, 0.2) is 70.2 Å². The molecule has 0 aliphatic carbocycles. The summed E-state index contributed by atoms with van der Waals surface area (Å²) >= 11 is 0. The summed E-state index contributed by atoms with van der Waals surface area (Å²) in [4.78, 5) is 17.7. The van der Waals surface area contributed by atoms with E-state index in [0.29, 0.717) is 34.0 Å². The molecule has 0 radical (unpaired) electrons. The lowest BCUT2D eigenvalue weighted by molar-refractivity contribution is 0.0956. The van der Waals surface area contributed by atoms with Crippen molar-refractivity contribution in [3.8, 4) is 22.8 Å². The summed E-state index contributed by atoms with van der Waals surface area (Å²) in [6, 6.07) is 18.3. The Balaban J connectivity index is 1.73. The SMILES string of the molecule is COc1ccc(-c2cc(C(=O)N/N=C/c3ccc(C)o3)c3ccccc3n2)c(OC)c1. The molecule has 2 aromatic carbocycles. The number of aromatic nitrogens is 1. The van der Waals surface area contributed by atoms with Crippen molar-refractivity contribution in [3.05, 3.63) is 77.7 Å². The smallest absolute Gasteiger partial charge is 0.272 e. The van der Waals surface area contributed by atoms with E-state index < -0.39 is 0 Å². The van der Waals surface area contributed by atoms with Crippen LogP contribution < -0.4 is 14.9 Å². The van der Waals surface area contributed by atoms with Crippen LogP contribution in [0.4, 0.5) is 0 Å². The standard InChI is InChI=1S/C24H21N3O4/c1-15-8-9-17(31-15)14-25-27-24(28)20-13-22(26-21-7-5-4-6-18(20)21)19-11-10-16(29-2)12-23(19)30-3/h4-14H,1-3H3,(H,27,28)/b25-14+. The summed E-state index contributed by atoms with van der Waals surface area (Å²) in [5.74, 6) is 2.24. The van der Waals surface area contributed by atoms with Gasteiger partial charge in [0.2, 0.25) is 0 Å². The number of rotatable bonds is 6. The quantitative estimate of drug-likeness (QED) is 0.368. The van der Waals surface area contributed by atoms with E-state index in [9.17, 15) is 4.79 Å². The molecule has 0 saturated heterocycles. The zero-order valence-electron chi connectivity index (χ0n) is 17.4. The number of hydrazone groups is 1. The van der Waals surface area contributed by atoms with Crippen LogP contribution in [0.2, 0.25) is 0 Å². The van der Waals surface area contributed by atoms with Crippen LogP contribution in [0.3, 0.4) is 0 Å². The molecule has 0 spiro atoms. The number of carbonyl (C=O) groups excluding carboxylic acids is 1. The molecule has 0 aliphatic rings. The highest BCUT2D eigenvalue weighted by Crippen LogP contribution is 2.34. The van der Waals surface area contributed by atoms with E-state index in [4.69, 9.17) is 18.9 Å². The third kappa shape index (κ3) is 4.25. The minimum Gasteiger partial charge on any atom is -0.497 e. The summed E-state index contributed by atoms with van der Waals surface area (Å²) in [5.41, 5.74) is 5.06. The lowest BCUT2D eigenvalue weighted by Gasteiger charge is -2.12. The van der Waals surface area contributed by atoms with Gasteiger partial charge in [0.25, 0.3) is 5.91 Å². The maximum Gasteiger partial charge on any atom is 0.272 e. The van der Waals surface area contributed by atoms with E-state index >= 15 is 0 Å². The molecule has 0 fully saturated rings. The number of hydrogen-bond acceptors (Lipinski definition) is 6. The number of carbonyl (C=O) groups is 1. The maximum atomic E-state index is 13.0. The number of benzene rings is 2. The van der Waals surface area contributed by atoms with Crippen LogP contribution in [0, 0.1) is 6.92 Å².